The monoisotopic (exact) mass is 367 g/mol. The number of nitrogens with one attached hydrogen (secondary N) is 1. The van der Waals surface area contributed by atoms with Gasteiger partial charge in [0.05, 0.1) is 24.7 Å². The first-order chi connectivity index (χ1) is 12.0. The Morgan fingerprint density at radius 3 is 2.52 bits per heavy atom. The normalized spacial score (nSPS) is 19.9. The van der Waals surface area contributed by atoms with Gasteiger partial charge in [0.15, 0.2) is 0 Å². The number of morpholine rings is 1. The summed E-state index contributed by atoms with van der Waals surface area (Å²) in [5, 5.41) is 2.82. The molecule has 0 atom stereocenters. The molecule has 0 bridgehead atoms. The number of carbonyl (C=O) groups excluding carboxylic acids is 1. The van der Waals surface area contributed by atoms with Gasteiger partial charge in [0.25, 0.3) is 0 Å². The highest BCUT2D eigenvalue weighted by atomic mass is 32.2. The lowest BCUT2D eigenvalue weighted by molar-refractivity contribution is -0.117. The molecule has 1 amide bonds. The highest BCUT2D eigenvalue weighted by Gasteiger charge is 2.28. The third-order valence-corrected chi connectivity index (χ3v) is 6.67. The van der Waals surface area contributed by atoms with Crippen LogP contribution in [0.3, 0.4) is 0 Å². The maximum absolute atomic E-state index is 12.9. The number of sulfonamides is 1. The Balaban J connectivity index is 1.74. The Morgan fingerprint density at radius 2 is 1.84 bits per heavy atom. The molecule has 7 nitrogen and oxygen atoms in total. The van der Waals surface area contributed by atoms with Crippen molar-refractivity contribution in [2.75, 3.05) is 51.3 Å². The van der Waals surface area contributed by atoms with Gasteiger partial charge >= 0.3 is 0 Å². The van der Waals surface area contributed by atoms with Crippen molar-refractivity contribution in [3.63, 3.8) is 0 Å². The van der Waals surface area contributed by atoms with Crippen molar-refractivity contribution in [3.8, 4) is 0 Å². The van der Waals surface area contributed by atoms with Crippen LogP contribution < -0.4 is 5.32 Å². The van der Waals surface area contributed by atoms with Crippen molar-refractivity contribution >= 4 is 21.6 Å². The Hall–Kier alpha value is -1.48. The standard InChI is InChI=1S/C17H25N3O4S/c1-14-4-5-15(18-17(21)13-19-6-2-3-7-19)12-16(14)25(22,23)20-8-10-24-11-9-20/h4-5,12H,2-3,6-11,13H2,1H3,(H,18,21). The summed E-state index contributed by atoms with van der Waals surface area (Å²) >= 11 is 0. The number of benzene rings is 1. The summed E-state index contributed by atoms with van der Waals surface area (Å²) in [4.78, 5) is 14.5. The zero-order valence-electron chi connectivity index (χ0n) is 14.5. The lowest BCUT2D eigenvalue weighted by Crippen LogP contribution is -2.40. The number of carbonyl (C=O) groups is 1. The zero-order valence-corrected chi connectivity index (χ0v) is 15.3. The van der Waals surface area contributed by atoms with E-state index in [1.807, 2.05) is 0 Å². The highest BCUT2D eigenvalue weighted by molar-refractivity contribution is 7.89. The summed E-state index contributed by atoms with van der Waals surface area (Å²) < 4.78 is 32.4. The summed E-state index contributed by atoms with van der Waals surface area (Å²) in [5.41, 5.74) is 1.19. The van der Waals surface area contributed by atoms with E-state index >= 15 is 0 Å². The third-order valence-electron chi connectivity index (χ3n) is 4.63. The Morgan fingerprint density at radius 1 is 1.16 bits per heavy atom. The molecule has 25 heavy (non-hydrogen) atoms. The number of anilines is 1. The average molecular weight is 367 g/mol. The molecule has 8 heteroatoms. The second-order valence-electron chi connectivity index (χ2n) is 6.53. The van der Waals surface area contributed by atoms with Crippen molar-refractivity contribution in [2.24, 2.45) is 0 Å². The largest absolute Gasteiger partial charge is 0.379 e. The van der Waals surface area contributed by atoms with E-state index in [2.05, 4.69) is 10.2 Å². The summed E-state index contributed by atoms with van der Waals surface area (Å²) in [6.45, 7) is 5.52. The van der Waals surface area contributed by atoms with Gasteiger partial charge in [0.2, 0.25) is 15.9 Å². The number of hydrogen-bond donors (Lipinski definition) is 1. The van der Waals surface area contributed by atoms with Gasteiger partial charge in [0, 0.05) is 18.8 Å². The molecule has 3 rings (SSSR count). The van der Waals surface area contributed by atoms with Crippen molar-refractivity contribution < 1.29 is 17.9 Å². The van der Waals surface area contributed by atoms with Crippen LogP contribution in [0.5, 0.6) is 0 Å². The van der Waals surface area contributed by atoms with Crippen molar-refractivity contribution in [1.82, 2.24) is 9.21 Å². The lowest BCUT2D eigenvalue weighted by Gasteiger charge is -2.27. The van der Waals surface area contributed by atoms with Gasteiger partial charge in [-0.2, -0.15) is 4.31 Å². The maximum Gasteiger partial charge on any atom is 0.243 e. The van der Waals surface area contributed by atoms with E-state index < -0.39 is 10.0 Å². The molecule has 0 unspecified atom stereocenters. The lowest BCUT2D eigenvalue weighted by atomic mass is 10.2. The predicted molar refractivity (Wildman–Crippen MR) is 95.1 cm³/mol. The number of aryl methyl sites for hydroxylation is 1. The van der Waals surface area contributed by atoms with Gasteiger partial charge in [-0.15, -0.1) is 0 Å². The van der Waals surface area contributed by atoms with Crippen molar-refractivity contribution in [1.29, 1.82) is 0 Å². The maximum atomic E-state index is 12.9. The van der Waals surface area contributed by atoms with Gasteiger partial charge in [-0.1, -0.05) is 6.07 Å². The fourth-order valence-electron chi connectivity index (χ4n) is 3.23. The molecule has 0 saturated carbocycles. The summed E-state index contributed by atoms with van der Waals surface area (Å²) in [5.74, 6) is -0.111. The van der Waals surface area contributed by atoms with Gasteiger partial charge < -0.3 is 10.1 Å². The molecule has 2 fully saturated rings. The number of likely N-dealkylation sites (tertiary alicyclic amines) is 1. The predicted octanol–water partition coefficient (Wildman–Crippen LogP) is 1.05. The molecule has 0 spiro atoms. The molecule has 1 aromatic carbocycles. The van der Waals surface area contributed by atoms with Crippen LogP contribution in [0.1, 0.15) is 18.4 Å². The van der Waals surface area contributed by atoms with Gasteiger partial charge in [0.1, 0.15) is 0 Å². The molecule has 2 aliphatic heterocycles. The smallest absolute Gasteiger partial charge is 0.243 e. The molecule has 0 aromatic heterocycles. The minimum absolute atomic E-state index is 0.111. The summed E-state index contributed by atoms with van der Waals surface area (Å²) in [7, 11) is -3.58. The molecular formula is C17H25N3O4S. The van der Waals surface area contributed by atoms with E-state index in [4.69, 9.17) is 4.74 Å². The fraction of sp³-hybridized carbons (Fsp3) is 0.588. The van der Waals surface area contributed by atoms with Gasteiger partial charge in [-0.3, -0.25) is 9.69 Å². The number of nitrogens with zero attached hydrogens (tertiary/aromatic N) is 2. The molecule has 2 saturated heterocycles. The number of hydrogen-bond acceptors (Lipinski definition) is 5. The minimum Gasteiger partial charge on any atom is -0.379 e. The molecule has 138 valence electrons. The SMILES string of the molecule is Cc1ccc(NC(=O)CN2CCCC2)cc1S(=O)(=O)N1CCOCC1. The van der Waals surface area contributed by atoms with E-state index in [1.165, 1.54) is 4.31 Å². The summed E-state index contributed by atoms with van der Waals surface area (Å²) in [6.07, 6.45) is 2.25. The van der Waals surface area contributed by atoms with E-state index in [1.54, 1.807) is 25.1 Å². The van der Waals surface area contributed by atoms with E-state index in [0.29, 0.717) is 44.1 Å². The van der Waals surface area contributed by atoms with Crippen LogP contribution in [0, 0.1) is 6.92 Å². The Bertz CT molecular complexity index is 723. The van der Waals surface area contributed by atoms with E-state index in [0.717, 1.165) is 25.9 Å². The molecule has 2 heterocycles. The van der Waals surface area contributed by atoms with Crippen LogP contribution in [-0.2, 0) is 19.6 Å². The van der Waals surface area contributed by atoms with Crippen LogP contribution in [0.4, 0.5) is 5.69 Å². The zero-order chi connectivity index (χ0) is 17.9. The first kappa shape index (κ1) is 18.3. The Labute approximate surface area is 149 Å². The third kappa shape index (κ3) is 4.38. The molecule has 1 N–H and O–H groups in total. The highest BCUT2D eigenvalue weighted by Crippen LogP contribution is 2.24. The van der Waals surface area contributed by atoms with Crippen molar-refractivity contribution in [2.45, 2.75) is 24.7 Å². The minimum atomic E-state index is -3.58. The first-order valence-electron chi connectivity index (χ1n) is 8.67. The van der Waals surface area contributed by atoms with Crippen LogP contribution >= 0.6 is 0 Å². The molecule has 2 aliphatic rings. The average Bonchev–Trinajstić information content (AvgIpc) is 3.10. The van der Waals surface area contributed by atoms with Crippen LogP contribution in [0.2, 0.25) is 0 Å². The topological polar surface area (TPSA) is 79.0 Å². The molecule has 1 aromatic rings. The number of amides is 1. The molecular weight excluding hydrogens is 342 g/mol. The first-order valence-corrected chi connectivity index (χ1v) is 10.1. The second kappa shape index (κ2) is 7.82. The van der Waals surface area contributed by atoms with Gasteiger partial charge in [-0.05, 0) is 50.6 Å². The van der Waals surface area contributed by atoms with Gasteiger partial charge in [-0.25, -0.2) is 8.42 Å². The molecule has 0 aliphatic carbocycles. The number of rotatable bonds is 5. The quantitative estimate of drug-likeness (QED) is 0.842. The summed E-state index contributed by atoms with van der Waals surface area (Å²) in [6, 6.07) is 5.04. The van der Waals surface area contributed by atoms with Crippen LogP contribution in [0.15, 0.2) is 23.1 Å². The van der Waals surface area contributed by atoms with Crippen LogP contribution in [0.25, 0.3) is 0 Å². The Kier molecular flexibility index (Phi) is 5.73. The number of ether oxygens (including phenoxy) is 1. The second-order valence-corrected chi connectivity index (χ2v) is 8.43. The van der Waals surface area contributed by atoms with E-state index in [9.17, 15) is 13.2 Å². The van der Waals surface area contributed by atoms with Crippen molar-refractivity contribution in [3.05, 3.63) is 23.8 Å². The fourth-order valence-corrected chi connectivity index (χ4v) is 4.88. The van der Waals surface area contributed by atoms with E-state index in [-0.39, 0.29) is 10.8 Å². The molecule has 0 radical (unpaired) electrons. The van der Waals surface area contributed by atoms with Crippen LogP contribution in [-0.4, -0.2) is 69.5 Å².